The fraction of sp³-hybridized carbons (Fsp3) is 0.333. The SMILES string of the molecule is COC(=O)CCCCn1c(=O)n(Cc2ccc(Cl)c(Cl)c2)c2nc(N)nc(Cl)c21. The highest BCUT2D eigenvalue weighted by atomic mass is 35.5. The van der Waals surface area contributed by atoms with Gasteiger partial charge < -0.3 is 10.5 Å². The van der Waals surface area contributed by atoms with Crippen molar-refractivity contribution in [1.29, 1.82) is 0 Å². The van der Waals surface area contributed by atoms with Gasteiger partial charge in [0.25, 0.3) is 0 Å². The van der Waals surface area contributed by atoms with Crippen LogP contribution in [0.5, 0.6) is 0 Å². The van der Waals surface area contributed by atoms with Crippen molar-refractivity contribution >= 4 is 57.9 Å². The molecule has 0 atom stereocenters. The molecule has 0 aliphatic heterocycles. The maximum absolute atomic E-state index is 13.1. The minimum atomic E-state index is -0.314. The number of nitrogen functional groups attached to an aromatic ring is 1. The van der Waals surface area contributed by atoms with Gasteiger partial charge in [-0.3, -0.25) is 13.9 Å². The molecule has 0 bridgehead atoms. The number of carbonyl (C=O) groups excluding carboxylic acids is 1. The predicted octanol–water partition coefficient (Wildman–Crippen LogP) is 3.53. The van der Waals surface area contributed by atoms with E-state index >= 15 is 0 Å². The van der Waals surface area contributed by atoms with Gasteiger partial charge >= 0.3 is 11.7 Å². The molecule has 0 spiro atoms. The minimum Gasteiger partial charge on any atom is -0.469 e. The van der Waals surface area contributed by atoms with Crippen molar-refractivity contribution in [2.75, 3.05) is 12.8 Å². The summed E-state index contributed by atoms with van der Waals surface area (Å²) in [4.78, 5) is 32.6. The second-order valence-electron chi connectivity index (χ2n) is 6.35. The first kappa shape index (κ1) is 21.4. The van der Waals surface area contributed by atoms with Crippen LogP contribution in [-0.4, -0.2) is 32.2 Å². The number of carbonyl (C=O) groups is 1. The molecule has 2 N–H and O–H groups in total. The van der Waals surface area contributed by atoms with E-state index in [2.05, 4.69) is 14.7 Å². The second-order valence-corrected chi connectivity index (χ2v) is 7.52. The lowest BCUT2D eigenvalue weighted by Crippen LogP contribution is -2.25. The van der Waals surface area contributed by atoms with Crippen LogP contribution in [0.1, 0.15) is 24.8 Å². The highest BCUT2D eigenvalue weighted by Crippen LogP contribution is 2.25. The normalized spacial score (nSPS) is 11.2. The Morgan fingerprint density at radius 2 is 1.90 bits per heavy atom. The van der Waals surface area contributed by atoms with E-state index in [9.17, 15) is 9.59 Å². The number of ether oxygens (including phenoxy) is 1. The average molecular weight is 459 g/mol. The fourth-order valence-electron chi connectivity index (χ4n) is 3.00. The largest absolute Gasteiger partial charge is 0.469 e. The number of rotatable bonds is 7. The Hall–Kier alpha value is -2.29. The van der Waals surface area contributed by atoms with Gasteiger partial charge in [-0.2, -0.15) is 9.97 Å². The number of imidazole rings is 1. The zero-order chi connectivity index (χ0) is 21.1. The molecule has 0 aliphatic rings. The van der Waals surface area contributed by atoms with E-state index in [1.165, 1.54) is 16.2 Å². The van der Waals surface area contributed by atoms with Crippen molar-refractivity contribution in [3.05, 3.63) is 49.4 Å². The van der Waals surface area contributed by atoms with Gasteiger partial charge in [-0.25, -0.2) is 4.79 Å². The summed E-state index contributed by atoms with van der Waals surface area (Å²) in [7, 11) is 1.34. The third kappa shape index (κ3) is 4.66. The molecule has 2 heterocycles. The topological polar surface area (TPSA) is 105 Å². The van der Waals surface area contributed by atoms with Gasteiger partial charge in [0.1, 0.15) is 5.52 Å². The molecule has 154 valence electrons. The Balaban J connectivity index is 1.98. The summed E-state index contributed by atoms with van der Waals surface area (Å²) in [5, 5.41) is 0.895. The number of aryl methyl sites for hydroxylation is 1. The first-order valence-electron chi connectivity index (χ1n) is 8.74. The summed E-state index contributed by atoms with van der Waals surface area (Å²) >= 11 is 18.3. The Kier molecular flexibility index (Phi) is 6.66. The minimum absolute atomic E-state index is 0.0340. The third-order valence-electron chi connectivity index (χ3n) is 4.39. The molecule has 2 aromatic heterocycles. The molecule has 11 heteroatoms. The van der Waals surface area contributed by atoms with Crippen LogP contribution in [0.15, 0.2) is 23.0 Å². The summed E-state index contributed by atoms with van der Waals surface area (Å²) in [6.07, 6.45) is 1.40. The van der Waals surface area contributed by atoms with Crippen LogP contribution in [0.2, 0.25) is 15.2 Å². The van der Waals surface area contributed by atoms with E-state index < -0.39 is 0 Å². The lowest BCUT2D eigenvalue weighted by Gasteiger charge is -2.05. The van der Waals surface area contributed by atoms with Gasteiger partial charge in [0.2, 0.25) is 5.95 Å². The summed E-state index contributed by atoms with van der Waals surface area (Å²) < 4.78 is 7.58. The molecule has 8 nitrogen and oxygen atoms in total. The number of methoxy groups -OCH3 is 1. The number of fused-ring (bicyclic) bond motifs is 1. The standard InChI is InChI=1S/C18H18Cl3N5O3/c1-29-13(27)4-2-3-7-25-14-15(21)23-17(22)24-16(14)26(18(25)28)9-10-5-6-11(19)12(20)8-10/h5-6,8H,2-4,7,9H2,1H3,(H2,22,23,24). The molecule has 0 saturated carbocycles. The van der Waals surface area contributed by atoms with E-state index in [1.807, 2.05) is 0 Å². The number of halogens is 3. The molecule has 3 aromatic rings. The maximum Gasteiger partial charge on any atom is 0.330 e. The van der Waals surface area contributed by atoms with E-state index in [-0.39, 0.29) is 35.7 Å². The van der Waals surface area contributed by atoms with Gasteiger partial charge in [-0.05, 0) is 30.5 Å². The third-order valence-corrected chi connectivity index (χ3v) is 5.40. The summed E-state index contributed by atoms with van der Waals surface area (Å²) in [5.41, 5.74) is 6.91. The van der Waals surface area contributed by atoms with Gasteiger partial charge in [-0.1, -0.05) is 40.9 Å². The van der Waals surface area contributed by atoms with Crippen LogP contribution in [0, 0.1) is 0 Å². The molecular formula is C18H18Cl3N5O3. The van der Waals surface area contributed by atoms with Gasteiger partial charge in [0.05, 0.1) is 23.7 Å². The monoisotopic (exact) mass is 457 g/mol. The number of nitrogens with zero attached hydrogens (tertiary/aromatic N) is 4. The van der Waals surface area contributed by atoms with E-state index in [1.54, 1.807) is 18.2 Å². The fourth-order valence-corrected chi connectivity index (χ4v) is 3.59. The summed E-state index contributed by atoms with van der Waals surface area (Å²) in [5.74, 6) is -0.332. The highest BCUT2D eigenvalue weighted by molar-refractivity contribution is 6.42. The molecular weight excluding hydrogens is 441 g/mol. The summed E-state index contributed by atoms with van der Waals surface area (Å²) in [6, 6.07) is 5.11. The van der Waals surface area contributed by atoms with E-state index in [0.29, 0.717) is 40.6 Å². The number of aromatic nitrogens is 4. The molecule has 3 rings (SSSR count). The molecule has 0 aliphatic carbocycles. The van der Waals surface area contributed by atoms with E-state index in [4.69, 9.17) is 40.5 Å². The molecule has 0 radical (unpaired) electrons. The van der Waals surface area contributed by atoms with Crippen molar-refractivity contribution in [3.63, 3.8) is 0 Å². The molecule has 0 amide bonds. The van der Waals surface area contributed by atoms with E-state index in [0.717, 1.165) is 5.56 Å². The number of unbranched alkanes of at least 4 members (excludes halogenated alkanes) is 1. The molecule has 0 fully saturated rings. The van der Waals surface area contributed by atoms with Crippen LogP contribution in [0.25, 0.3) is 11.2 Å². The molecule has 0 saturated heterocycles. The van der Waals surface area contributed by atoms with Crippen molar-refractivity contribution in [1.82, 2.24) is 19.1 Å². The average Bonchev–Trinajstić information content (AvgIpc) is 2.93. The van der Waals surface area contributed by atoms with Gasteiger partial charge in [0, 0.05) is 13.0 Å². The molecule has 29 heavy (non-hydrogen) atoms. The first-order chi connectivity index (χ1) is 13.8. The van der Waals surface area contributed by atoms with Gasteiger partial charge in [0.15, 0.2) is 10.8 Å². The number of benzene rings is 1. The number of hydrogen-bond acceptors (Lipinski definition) is 6. The Bertz CT molecular complexity index is 1130. The van der Waals surface area contributed by atoms with Crippen LogP contribution in [0.4, 0.5) is 5.95 Å². The zero-order valence-electron chi connectivity index (χ0n) is 15.5. The zero-order valence-corrected chi connectivity index (χ0v) is 17.8. The van der Waals surface area contributed by atoms with Gasteiger partial charge in [-0.15, -0.1) is 0 Å². The molecule has 1 aromatic carbocycles. The van der Waals surface area contributed by atoms with Crippen LogP contribution in [-0.2, 0) is 22.6 Å². The highest BCUT2D eigenvalue weighted by Gasteiger charge is 2.19. The van der Waals surface area contributed by atoms with Crippen LogP contribution in [0.3, 0.4) is 0 Å². The van der Waals surface area contributed by atoms with Crippen molar-refractivity contribution in [2.24, 2.45) is 0 Å². The smallest absolute Gasteiger partial charge is 0.330 e. The summed E-state index contributed by atoms with van der Waals surface area (Å²) in [6.45, 7) is 0.544. The predicted molar refractivity (Wildman–Crippen MR) is 113 cm³/mol. The Morgan fingerprint density at radius 1 is 1.14 bits per heavy atom. The lowest BCUT2D eigenvalue weighted by atomic mass is 10.2. The Labute approximate surface area is 181 Å². The first-order valence-corrected chi connectivity index (χ1v) is 9.88. The van der Waals surface area contributed by atoms with Crippen LogP contribution >= 0.6 is 34.8 Å². The van der Waals surface area contributed by atoms with Crippen LogP contribution < -0.4 is 11.4 Å². The quantitative estimate of drug-likeness (QED) is 0.330. The number of nitrogens with two attached hydrogens (primary N) is 1. The Morgan fingerprint density at radius 3 is 2.59 bits per heavy atom. The van der Waals surface area contributed by atoms with Crippen molar-refractivity contribution < 1.29 is 9.53 Å². The van der Waals surface area contributed by atoms with Crippen molar-refractivity contribution in [3.8, 4) is 0 Å². The van der Waals surface area contributed by atoms with Crippen molar-refractivity contribution in [2.45, 2.75) is 32.4 Å². The lowest BCUT2D eigenvalue weighted by molar-refractivity contribution is -0.140. The molecule has 0 unspecified atom stereocenters. The number of anilines is 1. The second kappa shape index (κ2) is 9.02. The number of esters is 1. The number of hydrogen-bond donors (Lipinski definition) is 1. The maximum atomic E-state index is 13.1.